The minimum atomic E-state index is -0.231. The Morgan fingerprint density at radius 3 is 2.74 bits per heavy atom. The monoisotopic (exact) mass is 320 g/mol. The molecule has 0 radical (unpaired) electrons. The minimum absolute atomic E-state index is 0.231. The molecule has 6 heteroatoms. The van der Waals surface area contributed by atoms with E-state index < -0.39 is 0 Å². The highest BCUT2D eigenvalue weighted by Gasteiger charge is 2.12. The number of amides is 1. The highest BCUT2D eigenvalue weighted by Crippen LogP contribution is 2.17. The fourth-order valence-electron chi connectivity index (χ4n) is 1.60. The van der Waals surface area contributed by atoms with Crippen LogP contribution in [0.25, 0.3) is 0 Å². The van der Waals surface area contributed by atoms with Crippen LogP contribution in [0, 0.1) is 0 Å². The Morgan fingerprint density at radius 2 is 2.05 bits per heavy atom. The number of halogens is 1. The van der Waals surface area contributed by atoms with Gasteiger partial charge in [0.25, 0.3) is 5.91 Å². The third-order valence-electron chi connectivity index (χ3n) is 2.53. The number of benzene rings is 1. The number of pyridine rings is 1. The second-order valence-corrected chi connectivity index (χ2v) is 4.78. The van der Waals surface area contributed by atoms with Crippen LogP contribution in [0.5, 0.6) is 0 Å². The van der Waals surface area contributed by atoms with Crippen LogP contribution in [0.4, 0.5) is 5.82 Å². The first-order chi connectivity index (χ1) is 9.20. The van der Waals surface area contributed by atoms with Crippen molar-refractivity contribution in [3.63, 3.8) is 0 Å². The molecule has 0 saturated carbocycles. The number of nitrogens with one attached hydrogen (secondary N) is 2. The third-order valence-corrected chi connectivity index (χ3v) is 2.97. The summed E-state index contributed by atoms with van der Waals surface area (Å²) in [4.78, 5) is 16.1. The van der Waals surface area contributed by atoms with Crippen molar-refractivity contribution >= 4 is 27.7 Å². The number of nitrogen functional groups attached to an aromatic ring is 1. The predicted molar refractivity (Wildman–Crippen MR) is 77.4 cm³/mol. The average Bonchev–Trinajstić information content (AvgIpc) is 2.46. The Morgan fingerprint density at radius 1 is 1.32 bits per heavy atom. The van der Waals surface area contributed by atoms with Crippen LogP contribution in [0.1, 0.15) is 15.9 Å². The van der Waals surface area contributed by atoms with Gasteiger partial charge in [-0.2, -0.15) is 0 Å². The van der Waals surface area contributed by atoms with Crippen molar-refractivity contribution in [1.29, 1.82) is 0 Å². The number of anilines is 1. The van der Waals surface area contributed by atoms with E-state index in [1.54, 1.807) is 12.3 Å². The number of nitrogens with two attached hydrogens (primary N) is 1. The molecular weight excluding hydrogens is 308 g/mol. The topological polar surface area (TPSA) is 80.0 Å². The van der Waals surface area contributed by atoms with Crippen molar-refractivity contribution in [3.8, 4) is 0 Å². The molecule has 0 spiro atoms. The summed E-state index contributed by atoms with van der Waals surface area (Å²) in [5, 5.41) is 2.82. The molecule has 0 atom stereocenters. The zero-order chi connectivity index (χ0) is 13.7. The van der Waals surface area contributed by atoms with Gasteiger partial charge in [-0.05, 0) is 27.6 Å². The average molecular weight is 321 g/mol. The Bertz CT molecular complexity index is 574. The van der Waals surface area contributed by atoms with Crippen LogP contribution >= 0.6 is 15.9 Å². The number of nitrogens with zero attached hydrogens (tertiary/aromatic N) is 1. The molecule has 98 valence electrons. The SMILES string of the molecule is NNc1ncc(Br)cc1C(=O)NCc1ccccc1. The Labute approximate surface area is 119 Å². The van der Waals surface area contributed by atoms with Gasteiger partial charge in [-0.1, -0.05) is 30.3 Å². The number of hydrogen-bond donors (Lipinski definition) is 3. The summed E-state index contributed by atoms with van der Waals surface area (Å²) in [5.41, 5.74) is 3.83. The quantitative estimate of drug-likeness (QED) is 0.595. The Kier molecular flexibility index (Phi) is 4.48. The van der Waals surface area contributed by atoms with Crippen molar-refractivity contribution in [2.24, 2.45) is 5.84 Å². The maximum Gasteiger partial charge on any atom is 0.255 e. The van der Waals surface area contributed by atoms with Crippen LogP contribution in [-0.2, 0) is 6.54 Å². The number of hydrazine groups is 1. The number of rotatable bonds is 4. The summed E-state index contributed by atoms with van der Waals surface area (Å²) < 4.78 is 0.719. The second kappa shape index (κ2) is 6.31. The summed E-state index contributed by atoms with van der Waals surface area (Å²) in [5.74, 6) is 5.45. The van der Waals surface area contributed by atoms with E-state index in [0.29, 0.717) is 17.9 Å². The van der Waals surface area contributed by atoms with Gasteiger partial charge in [0.2, 0.25) is 0 Å². The van der Waals surface area contributed by atoms with E-state index >= 15 is 0 Å². The number of hydrogen-bond acceptors (Lipinski definition) is 4. The first-order valence-corrected chi connectivity index (χ1v) is 6.44. The van der Waals surface area contributed by atoms with Gasteiger partial charge in [-0.3, -0.25) is 4.79 Å². The van der Waals surface area contributed by atoms with Crippen LogP contribution in [-0.4, -0.2) is 10.9 Å². The fraction of sp³-hybridized carbons (Fsp3) is 0.0769. The highest BCUT2D eigenvalue weighted by molar-refractivity contribution is 9.10. The molecule has 0 unspecified atom stereocenters. The van der Waals surface area contributed by atoms with Crippen LogP contribution < -0.4 is 16.6 Å². The van der Waals surface area contributed by atoms with Gasteiger partial charge >= 0.3 is 0 Å². The van der Waals surface area contributed by atoms with E-state index in [4.69, 9.17) is 5.84 Å². The van der Waals surface area contributed by atoms with Gasteiger partial charge in [0.1, 0.15) is 0 Å². The van der Waals surface area contributed by atoms with E-state index in [0.717, 1.165) is 10.0 Å². The van der Waals surface area contributed by atoms with E-state index in [1.165, 1.54) is 0 Å². The lowest BCUT2D eigenvalue weighted by atomic mass is 10.2. The van der Waals surface area contributed by atoms with Crippen molar-refractivity contribution in [3.05, 3.63) is 58.2 Å². The normalized spacial score (nSPS) is 10.0. The van der Waals surface area contributed by atoms with Crippen molar-refractivity contribution in [2.45, 2.75) is 6.54 Å². The standard InChI is InChI=1S/C13H13BrN4O/c14-10-6-11(12(18-15)16-8-10)13(19)17-7-9-4-2-1-3-5-9/h1-6,8H,7,15H2,(H,16,18)(H,17,19). The van der Waals surface area contributed by atoms with E-state index in [-0.39, 0.29) is 5.91 Å². The lowest BCUT2D eigenvalue weighted by Crippen LogP contribution is -2.25. The predicted octanol–water partition coefficient (Wildman–Crippen LogP) is 2.06. The third kappa shape index (κ3) is 3.52. The summed E-state index contributed by atoms with van der Waals surface area (Å²) in [7, 11) is 0. The first kappa shape index (κ1) is 13.5. The zero-order valence-electron chi connectivity index (χ0n) is 10.1. The molecule has 4 N–H and O–H groups in total. The molecule has 0 saturated heterocycles. The largest absolute Gasteiger partial charge is 0.348 e. The molecule has 5 nitrogen and oxygen atoms in total. The molecule has 0 bridgehead atoms. The number of aromatic nitrogens is 1. The van der Waals surface area contributed by atoms with E-state index in [9.17, 15) is 4.79 Å². The molecule has 1 amide bonds. The molecule has 0 aliphatic rings. The van der Waals surface area contributed by atoms with Crippen molar-refractivity contribution in [1.82, 2.24) is 10.3 Å². The second-order valence-electron chi connectivity index (χ2n) is 3.86. The number of carbonyl (C=O) groups excluding carboxylic acids is 1. The molecule has 0 aliphatic heterocycles. The molecule has 1 aromatic heterocycles. The molecule has 1 heterocycles. The van der Waals surface area contributed by atoms with Gasteiger partial charge in [-0.25, -0.2) is 10.8 Å². The zero-order valence-corrected chi connectivity index (χ0v) is 11.6. The van der Waals surface area contributed by atoms with Gasteiger partial charge in [0.15, 0.2) is 5.82 Å². The Balaban J connectivity index is 2.10. The van der Waals surface area contributed by atoms with Crippen molar-refractivity contribution in [2.75, 3.05) is 5.43 Å². The molecule has 0 fully saturated rings. The summed E-state index contributed by atoms with van der Waals surface area (Å²) in [6.45, 7) is 0.455. The maximum atomic E-state index is 12.1. The minimum Gasteiger partial charge on any atom is -0.348 e. The summed E-state index contributed by atoms with van der Waals surface area (Å²) in [6.07, 6.45) is 1.57. The lowest BCUT2D eigenvalue weighted by molar-refractivity contribution is 0.0951. The Hall–Kier alpha value is -1.92. The molecule has 0 aliphatic carbocycles. The first-order valence-electron chi connectivity index (χ1n) is 5.65. The fourth-order valence-corrected chi connectivity index (χ4v) is 1.93. The molecular formula is C13H13BrN4O. The van der Waals surface area contributed by atoms with Gasteiger partial charge in [-0.15, -0.1) is 0 Å². The van der Waals surface area contributed by atoms with Crippen molar-refractivity contribution < 1.29 is 4.79 Å². The highest BCUT2D eigenvalue weighted by atomic mass is 79.9. The van der Waals surface area contributed by atoms with Crippen LogP contribution in [0.3, 0.4) is 0 Å². The van der Waals surface area contributed by atoms with Gasteiger partial charge in [0, 0.05) is 17.2 Å². The smallest absolute Gasteiger partial charge is 0.255 e. The molecule has 2 aromatic rings. The lowest BCUT2D eigenvalue weighted by Gasteiger charge is -2.09. The van der Waals surface area contributed by atoms with Crippen LogP contribution in [0.15, 0.2) is 47.1 Å². The van der Waals surface area contributed by atoms with E-state index in [1.807, 2.05) is 30.3 Å². The van der Waals surface area contributed by atoms with Crippen LogP contribution in [0.2, 0.25) is 0 Å². The van der Waals surface area contributed by atoms with Gasteiger partial charge < -0.3 is 10.7 Å². The summed E-state index contributed by atoms with van der Waals surface area (Å²) >= 11 is 3.28. The molecule has 1 aromatic carbocycles. The molecule has 2 rings (SSSR count). The molecule has 19 heavy (non-hydrogen) atoms. The van der Waals surface area contributed by atoms with Gasteiger partial charge in [0.05, 0.1) is 5.56 Å². The maximum absolute atomic E-state index is 12.1. The van der Waals surface area contributed by atoms with E-state index in [2.05, 4.69) is 31.7 Å². The summed E-state index contributed by atoms with van der Waals surface area (Å²) in [6, 6.07) is 11.3. The number of carbonyl (C=O) groups is 1.